The Kier molecular flexibility index (Phi) is 5.49. The molecule has 0 unspecified atom stereocenters. The lowest BCUT2D eigenvalue weighted by molar-refractivity contribution is 0.602. The fourth-order valence-electron chi connectivity index (χ4n) is 1.99. The van der Waals surface area contributed by atoms with Crippen LogP contribution in [0, 0.1) is 5.82 Å². The van der Waals surface area contributed by atoms with Gasteiger partial charge in [-0.1, -0.05) is 30.3 Å². The first-order valence-electron chi connectivity index (χ1n) is 6.50. The topological polar surface area (TPSA) is 42.1 Å². The normalized spacial score (nSPS) is 10.6. The van der Waals surface area contributed by atoms with E-state index < -0.39 is 0 Å². The van der Waals surface area contributed by atoms with Crippen LogP contribution in [0.4, 0.5) is 10.2 Å². The zero-order chi connectivity index (χ0) is 14.4. The Bertz CT molecular complexity index is 548. The SMILES string of the molecule is NCCCN(Cc1ccccc1)c1ncc(Br)cc1F. The molecule has 0 aliphatic carbocycles. The van der Waals surface area contributed by atoms with Crippen LogP contribution in [0.25, 0.3) is 0 Å². The average molecular weight is 338 g/mol. The Morgan fingerprint density at radius 2 is 2.00 bits per heavy atom. The van der Waals surface area contributed by atoms with Crippen molar-refractivity contribution in [3.63, 3.8) is 0 Å². The standard InChI is InChI=1S/C15H17BrFN3/c16-13-9-14(17)15(19-10-13)20(8-4-7-18)11-12-5-2-1-3-6-12/h1-3,5-6,9-10H,4,7-8,11,18H2. The summed E-state index contributed by atoms with van der Waals surface area (Å²) in [5, 5.41) is 0. The summed E-state index contributed by atoms with van der Waals surface area (Å²) in [6.45, 7) is 1.87. The number of halogens is 2. The van der Waals surface area contributed by atoms with Crippen molar-refractivity contribution in [2.24, 2.45) is 5.73 Å². The van der Waals surface area contributed by atoms with Gasteiger partial charge in [-0.25, -0.2) is 9.37 Å². The number of nitrogens with two attached hydrogens (primary N) is 1. The zero-order valence-electron chi connectivity index (χ0n) is 11.1. The molecule has 1 aromatic carbocycles. The van der Waals surface area contributed by atoms with Gasteiger partial charge in [-0.3, -0.25) is 0 Å². The van der Waals surface area contributed by atoms with E-state index in [1.165, 1.54) is 6.07 Å². The predicted molar refractivity (Wildman–Crippen MR) is 83.1 cm³/mol. The maximum Gasteiger partial charge on any atom is 0.166 e. The summed E-state index contributed by atoms with van der Waals surface area (Å²) in [6, 6.07) is 11.4. The van der Waals surface area contributed by atoms with Crippen molar-refractivity contribution in [3.8, 4) is 0 Å². The van der Waals surface area contributed by atoms with Crippen molar-refractivity contribution < 1.29 is 4.39 Å². The third-order valence-electron chi connectivity index (χ3n) is 2.94. The molecule has 2 aromatic rings. The second-order valence-electron chi connectivity index (χ2n) is 4.51. The van der Waals surface area contributed by atoms with E-state index in [0.717, 1.165) is 12.0 Å². The number of anilines is 1. The van der Waals surface area contributed by atoms with Crippen LogP contribution in [0.5, 0.6) is 0 Å². The second kappa shape index (κ2) is 7.36. The van der Waals surface area contributed by atoms with Gasteiger partial charge in [0.2, 0.25) is 0 Å². The van der Waals surface area contributed by atoms with E-state index in [9.17, 15) is 4.39 Å². The van der Waals surface area contributed by atoms with Crippen LogP contribution >= 0.6 is 15.9 Å². The molecule has 0 aliphatic rings. The fourth-order valence-corrected chi connectivity index (χ4v) is 2.29. The van der Waals surface area contributed by atoms with Gasteiger partial charge in [0.15, 0.2) is 11.6 Å². The van der Waals surface area contributed by atoms with E-state index in [4.69, 9.17) is 5.73 Å². The zero-order valence-corrected chi connectivity index (χ0v) is 12.7. The molecule has 1 heterocycles. The molecule has 20 heavy (non-hydrogen) atoms. The number of hydrogen-bond donors (Lipinski definition) is 1. The Balaban J connectivity index is 2.22. The molecule has 0 bridgehead atoms. The monoisotopic (exact) mass is 337 g/mol. The van der Waals surface area contributed by atoms with E-state index in [2.05, 4.69) is 20.9 Å². The molecule has 0 radical (unpaired) electrons. The molecule has 0 atom stereocenters. The summed E-state index contributed by atoms with van der Waals surface area (Å²) in [7, 11) is 0. The summed E-state index contributed by atoms with van der Waals surface area (Å²) in [5.41, 5.74) is 6.68. The molecular weight excluding hydrogens is 321 g/mol. The molecule has 2 rings (SSSR count). The molecule has 0 fully saturated rings. The van der Waals surface area contributed by atoms with Gasteiger partial charge in [0.1, 0.15) is 0 Å². The smallest absolute Gasteiger partial charge is 0.166 e. The number of rotatable bonds is 6. The minimum atomic E-state index is -0.327. The van der Waals surface area contributed by atoms with Crippen LogP contribution in [0.2, 0.25) is 0 Å². The van der Waals surface area contributed by atoms with Gasteiger partial charge in [0.05, 0.1) is 0 Å². The molecule has 1 aromatic heterocycles. The van der Waals surface area contributed by atoms with Crippen molar-refractivity contribution in [3.05, 3.63) is 58.4 Å². The molecule has 0 spiro atoms. The first-order valence-corrected chi connectivity index (χ1v) is 7.30. The molecule has 0 aliphatic heterocycles. The summed E-state index contributed by atoms with van der Waals surface area (Å²) in [4.78, 5) is 6.11. The minimum Gasteiger partial charge on any atom is -0.350 e. The first-order chi connectivity index (χ1) is 9.70. The van der Waals surface area contributed by atoms with E-state index >= 15 is 0 Å². The molecule has 2 N–H and O–H groups in total. The molecule has 0 amide bonds. The quantitative estimate of drug-likeness (QED) is 0.878. The Morgan fingerprint density at radius 1 is 1.25 bits per heavy atom. The Morgan fingerprint density at radius 3 is 2.65 bits per heavy atom. The third kappa shape index (κ3) is 4.02. The van der Waals surface area contributed by atoms with Gasteiger partial charge in [-0.2, -0.15) is 0 Å². The highest BCUT2D eigenvalue weighted by Gasteiger charge is 2.13. The highest BCUT2D eigenvalue weighted by Crippen LogP contribution is 2.22. The molecule has 0 saturated heterocycles. The van der Waals surface area contributed by atoms with Gasteiger partial charge < -0.3 is 10.6 Å². The van der Waals surface area contributed by atoms with Crippen molar-refractivity contribution in [1.82, 2.24) is 4.98 Å². The van der Waals surface area contributed by atoms with Crippen LogP contribution in [-0.2, 0) is 6.54 Å². The molecule has 3 nitrogen and oxygen atoms in total. The Labute approximate surface area is 126 Å². The predicted octanol–water partition coefficient (Wildman–Crippen LogP) is 3.34. The van der Waals surface area contributed by atoms with E-state index in [0.29, 0.717) is 29.9 Å². The highest BCUT2D eigenvalue weighted by molar-refractivity contribution is 9.10. The fraction of sp³-hybridized carbons (Fsp3) is 0.267. The van der Waals surface area contributed by atoms with Gasteiger partial charge in [-0.05, 0) is 40.5 Å². The van der Waals surface area contributed by atoms with Crippen LogP contribution in [0.15, 0.2) is 47.1 Å². The molecule has 0 saturated carbocycles. The first kappa shape index (κ1) is 14.9. The summed E-state index contributed by atoms with van der Waals surface area (Å²) >= 11 is 3.22. The number of aromatic nitrogens is 1. The summed E-state index contributed by atoms with van der Waals surface area (Å²) < 4.78 is 14.7. The highest BCUT2D eigenvalue weighted by atomic mass is 79.9. The van der Waals surface area contributed by atoms with E-state index in [1.807, 2.05) is 35.2 Å². The van der Waals surface area contributed by atoms with E-state index in [1.54, 1.807) is 6.20 Å². The van der Waals surface area contributed by atoms with E-state index in [-0.39, 0.29) is 5.82 Å². The largest absolute Gasteiger partial charge is 0.350 e. The maximum atomic E-state index is 14.1. The lowest BCUT2D eigenvalue weighted by Gasteiger charge is -2.24. The number of hydrogen-bond acceptors (Lipinski definition) is 3. The van der Waals surface area contributed by atoms with Crippen LogP contribution in [-0.4, -0.2) is 18.1 Å². The average Bonchev–Trinajstić information content (AvgIpc) is 2.45. The third-order valence-corrected chi connectivity index (χ3v) is 3.37. The minimum absolute atomic E-state index is 0.327. The van der Waals surface area contributed by atoms with Crippen LogP contribution in [0.3, 0.4) is 0 Å². The van der Waals surface area contributed by atoms with Gasteiger partial charge in [0, 0.05) is 23.8 Å². The van der Waals surface area contributed by atoms with Crippen molar-refractivity contribution in [2.75, 3.05) is 18.0 Å². The number of nitrogens with zero attached hydrogens (tertiary/aromatic N) is 2. The maximum absolute atomic E-state index is 14.1. The molecule has 106 valence electrons. The molecule has 5 heteroatoms. The van der Waals surface area contributed by atoms with Crippen molar-refractivity contribution >= 4 is 21.7 Å². The van der Waals surface area contributed by atoms with Crippen molar-refractivity contribution in [2.45, 2.75) is 13.0 Å². The van der Waals surface area contributed by atoms with Crippen LogP contribution < -0.4 is 10.6 Å². The summed E-state index contributed by atoms with van der Waals surface area (Å²) in [6.07, 6.45) is 2.41. The lowest BCUT2D eigenvalue weighted by Crippen LogP contribution is -2.27. The van der Waals surface area contributed by atoms with Gasteiger partial charge in [0.25, 0.3) is 0 Å². The lowest BCUT2D eigenvalue weighted by atomic mass is 10.2. The molecular formula is C15H17BrFN3. The van der Waals surface area contributed by atoms with Gasteiger partial charge in [-0.15, -0.1) is 0 Å². The van der Waals surface area contributed by atoms with Gasteiger partial charge >= 0.3 is 0 Å². The van der Waals surface area contributed by atoms with Crippen molar-refractivity contribution in [1.29, 1.82) is 0 Å². The summed E-state index contributed by atoms with van der Waals surface area (Å²) in [5.74, 6) is 0.0397. The van der Waals surface area contributed by atoms with Crippen LogP contribution in [0.1, 0.15) is 12.0 Å². The Hall–Kier alpha value is -1.46. The number of benzene rings is 1. The number of pyridine rings is 1. The second-order valence-corrected chi connectivity index (χ2v) is 5.42.